The third-order valence-corrected chi connectivity index (χ3v) is 6.62. The van der Waals surface area contributed by atoms with E-state index in [0.717, 1.165) is 21.8 Å². The number of imide groups is 1. The Balaban J connectivity index is 1.53. The summed E-state index contributed by atoms with van der Waals surface area (Å²) in [6.45, 7) is 0.142. The Morgan fingerprint density at radius 2 is 1.80 bits per heavy atom. The molecule has 0 aliphatic carbocycles. The normalized spacial score (nSPS) is 14.5. The highest BCUT2D eigenvalue weighted by Gasteiger charge is 2.35. The van der Waals surface area contributed by atoms with Gasteiger partial charge in [0, 0.05) is 10.5 Å². The molecule has 1 saturated heterocycles. The van der Waals surface area contributed by atoms with Gasteiger partial charge < -0.3 is 9.47 Å². The van der Waals surface area contributed by atoms with E-state index >= 15 is 0 Å². The fourth-order valence-corrected chi connectivity index (χ4v) is 4.53. The summed E-state index contributed by atoms with van der Waals surface area (Å²) in [4.78, 5) is 37.7. The van der Waals surface area contributed by atoms with Gasteiger partial charge in [-0.1, -0.05) is 46.3 Å². The summed E-state index contributed by atoms with van der Waals surface area (Å²) >= 11 is 4.24. The Labute approximate surface area is 213 Å². The highest BCUT2D eigenvalue weighted by molar-refractivity contribution is 9.10. The lowest BCUT2D eigenvalue weighted by Crippen LogP contribution is -2.27. The standard InChI is InChI=1S/C25H19BrN2O6S/c1-33-21-11-8-17(12-22(21)34-15-18-4-2-3-5-20(18)28(31)32)13-23-24(29)27(25(30)35-23)14-16-6-9-19(26)10-7-16/h2-13H,14-15H2,1H3/b23-13-. The van der Waals surface area contributed by atoms with Crippen molar-refractivity contribution in [3.63, 3.8) is 0 Å². The van der Waals surface area contributed by atoms with Crippen LogP contribution in [-0.4, -0.2) is 28.1 Å². The van der Waals surface area contributed by atoms with E-state index in [1.54, 1.807) is 42.5 Å². The highest BCUT2D eigenvalue weighted by atomic mass is 79.9. The van der Waals surface area contributed by atoms with Gasteiger partial charge in [-0.25, -0.2) is 0 Å². The van der Waals surface area contributed by atoms with Crippen molar-refractivity contribution in [3.8, 4) is 11.5 Å². The van der Waals surface area contributed by atoms with Crippen LogP contribution in [0.25, 0.3) is 6.08 Å². The van der Waals surface area contributed by atoms with Crippen LogP contribution in [0.3, 0.4) is 0 Å². The summed E-state index contributed by atoms with van der Waals surface area (Å²) in [5, 5.41) is 10.9. The average molecular weight is 555 g/mol. The molecule has 3 aromatic rings. The molecule has 1 aliphatic heterocycles. The lowest BCUT2D eigenvalue weighted by atomic mass is 10.1. The molecule has 1 aliphatic rings. The minimum Gasteiger partial charge on any atom is -0.493 e. The second-order valence-corrected chi connectivity index (χ2v) is 9.39. The first kappa shape index (κ1) is 24.5. The number of amides is 2. The maximum absolute atomic E-state index is 12.9. The number of carbonyl (C=O) groups is 2. The van der Waals surface area contributed by atoms with E-state index in [2.05, 4.69) is 15.9 Å². The number of para-hydroxylation sites is 1. The molecule has 3 aromatic carbocycles. The number of ether oxygens (including phenoxy) is 2. The van der Waals surface area contributed by atoms with Crippen molar-refractivity contribution < 1.29 is 24.0 Å². The molecule has 10 heteroatoms. The van der Waals surface area contributed by atoms with Crippen molar-refractivity contribution >= 4 is 50.6 Å². The van der Waals surface area contributed by atoms with E-state index in [0.29, 0.717) is 27.5 Å². The Kier molecular flexibility index (Phi) is 7.52. The molecule has 0 atom stereocenters. The van der Waals surface area contributed by atoms with Gasteiger partial charge in [0.05, 0.1) is 29.0 Å². The van der Waals surface area contributed by atoms with Gasteiger partial charge in [0.25, 0.3) is 16.8 Å². The predicted molar refractivity (Wildman–Crippen MR) is 136 cm³/mol. The number of rotatable bonds is 8. The maximum Gasteiger partial charge on any atom is 0.293 e. The smallest absolute Gasteiger partial charge is 0.293 e. The molecule has 35 heavy (non-hydrogen) atoms. The van der Waals surface area contributed by atoms with Crippen LogP contribution in [0.1, 0.15) is 16.7 Å². The van der Waals surface area contributed by atoms with Crippen LogP contribution in [0.5, 0.6) is 11.5 Å². The molecule has 178 valence electrons. The Bertz CT molecular complexity index is 1330. The lowest BCUT2D eigenvalue weighted by molar-refractivity contribution is -0.385. The summed E-state index contributed by atoms with van der Waals surface area (Å²) in [7, 11) is 1.49. The molecule has 0 N–H and O–H groups in total. The number of hydrogen-bond donors (Lipinski definition) is 0. The summed E-state index contributed by atoms with van der Waals surface area (Å²) in [5.41, 5.74) is 1.84. The molecule has 1 heterocycles. The van der Waals surface area contributed by atoms with E-state index in [4.69, 9.17) is 9.47 Å². The molecule has 0 saturated carbocycles. The fraction of sp³-hybridized carbons (Fsp3) is 0.120. The van der Waals surface area contributed by atoms with Crippen LogP contribution in [0.2, 0.25) is 0 Å². The van der Waals surface area contributed by atoms with Crippen LogP contribution < -0.4 is 9.47 Å². The largest absolute Gasteiger partial charge is 0.493 e. The van der Waals surface area contributed by atoms with E-state index in [1.807, 2.05) is 24.3 Å². The Morgan fingerprint density at radius 3 is 2.51 bits per heavy atom. The maximum atomic E-state index is 12.9. The third-order valence-electron chi connectivity index (χ3n) is 5.18. The molecule has 0 bridgehead atoms. The van der Waals surface area contributed by atoms with Gasteiger partial charge in [-0.05, 0) is 59.3 Å². The number of nitro benzene ring substituents is 1. The zero-order valence-electron chi connectivity index (χ0n) is 18.5. The summed E-state index contributed by atoms with van der Waals surface area (Å²) in [6, 6.07) is 18.8. The zero-order valence-corrected chi connectivity index (χ0v) is 20.9. The molecule has 1 fully saturated rings. The van der Waals surface area contributed by atoms with Crippen LogP contribution in [0.15, 0.2) is 76.1 Å². The quantitative estimate of drug-likeness (QED) is 0.186. The molecular formula is C25H19BrN2O6S. The van der Waals surface area contributed by atoms with Gasteiger partial charge in [0.2, 0.25) is 0 Å². The number of methoxy groups -OCH3 is 1. The van der Waals surface area contributed by atoms with Crippen LogP contribution in [0.4, 0.5) is 10.5 Å². The topological polar surface area (TPSA) is 99.0 Å². The van der Waals surface area contributed by atoms with E-state index in [-0.39, 0.29) is 30.0 Å². The third kappa shape index (κ3) is 5.72. The Morgan fingerprint density at radius 1 is 1.06 bits per heavy atom. The number of nitro groups is 1. The van der Waals surface area contributed by atoms with Gasteiger partial charge in [-0.2, -0.15) is 0 Å². The first-order valence-electron chi connectivity index (χ1n) is 10.4. The minimum absolute atomic E-state index is 0.0398. The molecule has 8 nitrogen and oxygen atoms in total. The van der Waals surface area contributed by atoms with Crippen LogP contribution in [-0.2, 0) is 17.9 Å². The van der Waals surface area contributed by atoms with Crippen molar-refractivity contribution in [2.75, 3.05) is 7.11 Å². The molecular weight excluding hydrogens is 536 g/mol. The van der Waals surface area contributed by atoms with Gasteiger partial charge in [0.15, 0.2) is 11.5 Å². The number of carbonyl (C=O) groups excluding carboxylic acids is 2. The number of hydrogen-bond acceptors (Lipinski definition) is 7. The van der Waals surface area contributed by atoms with Crippen molar-refractivity contribution in [2.45, 2.75) is 13.2 Å². The zero-order chi connectivity index (χ0) is 24.9. The number of halogens is 1. The highest BCUT2D eigenvalue weighted by Crippen LogP contribution is 2.36. The minimum atomic E-state index is -0.462. The molecule has 2 amide bonds. The monoisotopic (exact) mass is 554 g/mol. The molecule has 0 aromatic heterocycles. The fourth-order valence-electron chi connectivity index (χ4n) is 3.42. The van der Waals surface area contributed by atoms with Crippen molar-refractivity contribution in [3.05, 3.63) is 103 Å². The van der Waals surface area contributed by atoms with E-state index in [1.165, 1.54) is 18.1 Å². The second kappa shape index (κ2) is 10.7. The van der Waals surface area contributed by atoms with E-state index < -0.39 is 4.92 Å². The second-order valence-electron chi connectivity index (χ2n) is 7.48. The first-order valence-corrected chi connectivity index (χ1v) is 12.0. The van der Waals surface area contributed by atoms with Gasteiger partial charge in [-0.15, -0.1) is 0 Å². The van der Waals surface area contributed by atoms with Crippen molar-refractivity contribution in [2.24, 2.45) is 0 Å². The van der Waals surface area contributed by atoms with E-state index in [9.17, 15) is 19.7 Å². The van der Waals surface area contributed by atoms with Gasteiger partial charge >= 0.3 is 0 Å². The number of benzene rings is 3. The Hall–Kier alpha value is -3.63. The SMILES string of the molecule is COc1ccc(/C=C2\SC(=O)N(Cc3ccc(Br)cc3)C2=O)cc1OCc1ccccc1[N+](=O)[O-]. The summed E-state index contributed by atoms with van der Waals surface area (Å²) < 4.78 is 12.1. The number of thioether (sulfide) groups is 1. The summed E-state index contributed by atoms with van der Waals surface area (Å²) in [5.74, 6) is 0.415. The molecule has 0 radical (unpaired) electrons. The molecule has 0 unspecified atom stereocenters. The number of nitrogens with zero attached hydrogens (tertiary/aromatic N) is 2. The summed E-state index contributed by atoms with van der Waals surface area (Å²) in [6.07, 6.45) is 1.61. The molecule has 0 spiro atoms. The van der Waals surface area contributed by atoms with Crippen LogP contribution >= 0.6 is 27.7 Å². The average Bonchev–Trinajstić information content (AvgIpc) is 3.11. The van der Waals surface area contributed by atoms with Gasteiger partial charge in [-0.3, -0.25) is 24.6 Å². The van der Waals surface area contributed by atoms with Crippen molar-refractivity contribution in [1.29, 1.82) is 0 Å². The molecule has 4 rings (SSSR count). The van der Waals surface area contributed by atoms with Crippen LogP contribution in [0, 0.1) is 10.1 Å². The lowest BCUT2D eigenvalue weighted by Gasteiger charge is -2.13. The van der Waals surface area contributed by atoms with Gasteiger partial charge in [0.1, 0.15) is 6.61 Å². The predicted octanol–water partition coefficient (Wildman–Crippen LogP) is 6.18. The van der Waals surface area contributed by atoms with Crippen molar-refractivity contribution in [1.82, 2.24) is 4.90 Å². The first-order chi connectivity index (χ1) is 16.9.